The molecule has 1 aliphatic rings. The van der Waals surface area contributed by atoms with Gasteiger partial charge >= 0.3 is 199 Å². The standard InChI is InChI=1S/C28H31ClOSe/c1-20-17-25(30-3)18-21(2)27(20)26(22-11-13-24(29)14-12-22)19-28(15-7-8-16-31-28)23-9-5-4-6-10-23/h4-6,9-14,17-18,26H,7-8,15-16,19H2,1-3H3. The van der Waals surface area contributed by atoms with Crippen LogP contribution in [0.2, 0.25) is 10.3 Å². The first-order valence-corrected chi connectivity index (χ1v) is 13.6. The molecule has 1 saturated heterocycles. The molecule has 0 bridgehead atoms. The summed E-state index contributed by atoms with van der Waals surface area (Å²) in [6.45, 7) is 4.46. The first-order chi connectivity index (χ1) is 15.0. The molecule has 2 unspecified atom stereocenters. The fourth-order valence-electron chi connectivity index (χ4n) is 5.11. The van der Waals surface area contributed by atoms with Gasteiger partial charge in [-0.25, -0.2) is 0 Å². The molecule has 0 N–H and O–H groups in total. The van der Waals surface area contributed by atoms with E-state index >= 15 is 0 Å². The zero-order chi connectivity index (χ0) is 21.8. The molecule has 0 spiro atoms. The molecule has 1 aliphatic heterocycles. The van der Waals surface area contributed by atoms with Gasteiger partial charge < -0.3 is 0 Å². The van der Waals surface area contributed by atoms with E-state index in [4.69, 9.17) is 16.3 Å². The second kappa shape index (κ2) is 9.82. The summed E-state index contributed by atoms with van der Waals surface area (Å²) in [7, 11) is 1.75. The number of ether oxygens (including phenoxy) is 1. The topological polar surface area (TPSA) is 9.23 Å². The molecule has 162 valence electrons. The fourth-order valence-corrected chi connectivity index (χ4v) is 8.63. The van der Waals surface area contributed by atoms with Crippen LogP contribution < -0.4 is 4.74 Å². The Morgan fingerprint density at radius 1 is 0.968 bits per heavy atom. The van der Waals surface area contributed by atoms with Gasteiger partial charge in [0.15, 0.2) is 0 Å². The van der Waals surface area contributed by atoms with Crippen molar-refractivity contribution in [3.63, 3.8) is 0 Å². The third kappa shape index (κ3) is 4.87. The Balaban J connectivity index is 1.84. The number of aryl methyl sites for hydroxylation is 2. The molecule has 1 heterocycles. The van der Waals surface area contributed by atoms with Crippen LogP contribution in [0.3, 0.4) is 0 Å². The molecule has 0 aliphatic carbocycles. The monoisotopic (exact) mass is 498 g/mol. The van der Waals surface area contributed by atoms with Crippen LogP contribution in [0.4, 0.5) is 0 Å². The molecule has 3 aromatic rings. The van der Waals surface area contributed by atoms with Crippen LogP contribution in [-0.2, 0) is 4.31 Å². The van der Waals surface area contributed by atoms with Crippen molar-refractivity contribution < 1.29 is 4.74 Å². The van der Waals surface area contributed by atoms with Gasteiger partial charge in [0.2, 0.25) is 0 Å². The van der Waals surface area contributed by atoms with Crippen LogP contribution in [0.15, 0.2) is 66.7 Å². The van der Waals surface area contributed by atoms with Crippen LogP contribution in [0.1, 0.15) is 59.4 Å². The first kappa shape index (κ1) is 22.5. The summed E-state index contributed by atoms with van der Waals surface area (Å²) in [6, 6.07) is 24.2. The van der Waals surface area contributed by atoms with Gasteiger partial charge in [-0.3, -0.25) is 0 Å². The Morgan fingerprint density at radius 3 is 2.23 bits per heavy atom. The second-order valence-electron chi connectivity index (χ2n) is 8.65. The number of hydrogen-bond donors (Lipinski definition) is 0. The Hall–Kier alpha value is -1.73. The van der Waals surface area contributed by atoms with Crippen molar-refractivity contribution in [2.45, 2.75) is 55.1 Å². The van der Waals surface area contributed by atoms with Gasteiger partial charge in [-0.15, -0.1) is 0 Å². The molecule has 1 nitrogen and oxygen atoms in total. The summed E-state index contributed by atoms with van der Waals surface area (Å²) in [5.74, 6) is 1.27. The molecule has 1 fully saturated rings. The number of rotatable bonds is 6. The maximum absolute atomic E-state index is 6.27. The van der Waals surface area contributed by atoms with Crippen LogP contribution in [0, 0.1) is 13.8 Å². The van der Waals surface area contributed by atoms with E-state index in [0.717, 1.165) is 17.2 Å². The third-order valence-electron chi connectivity index (χ3n) is 6.61. The Bertz CT molecular complexity index is 984. The van der Waals surface area contributed by atoms with Crippen molar-refractivity contribution in [1.29, 1.82) is 0 Å². The average molecular weight is 498 g/mol. The third-order valence-corrected chi connectivity index (χ3v) is 10.3. The summed E-state index contributed by atoms with van der Waals surface area (Å²) in [6.07, 6.45) is 5.13. The quantitative estimate of drug-likeness (QED) is 0.317. The molecule has 0 radical (unpaired) electrons. The zero-order valence-electron chi connectivity index (χ0n) is 18.7. The zero-order valence-corrected chi connectivity index (χ0v) is 21.1. The first-order valence-electron chi connectivity index (χ1n) is 11.1. The summed E-state index contributed by atoms with van der Waals surface area (Å²) >= 11 is 6.86. The molecular weight excluding hydrogens is 467 g/mol. The van der Waals surface area contributed by atoms with Gasteiger partial charge in [0.05, 0.1) is 0 Å². The van der Waals surface area contributed by atoms with Crippen molar-refractivity contribution in [2.75, 3.05) is 7.11 Å². The van der Waals surface area contributed by atoms with Crippen LogP contribution in [0.5, 0.6) is 5.75 Å². The van der Waals surface area contributed by atoms with Gasteiger partial charge in [0.25, 0.3) is 0 Å². The molecular formula is C28H31ClOSe. The number of hydrogen-bond acceptors (Lipinski definition) is 1. The van der Waals surface area contributed by atoms with Crippen molar-refractivity contribution >= 4 is 26.6 Å². The molecule has 0 aromatic heterocycles. The van der Waals surface area contributed by atoms with Crippen LogP contribution >= 0.6 is 11.6 Å². The van der Waals surface area contributed by atoms with E-state index in [2.05, 4.69) is 68.4 Å². The Labute approximate surface area is 198 Å². The summed E-state index contributed by atoms with van der Waals surface area (Å²) in [5, 5.41) is 2.17. The van der Waals surface area contributed by atoms with Gasteiger partial charge in [0.1, 0.15) is 0 Å². The molecule has 0 amide bonds. The SMILES string of the molecule is COc1cc(C)c(C(CC2(c3ccccc3)CCCC[Se]2)c2ccc(Cl)cc2)c(C)c1. The Kier molecular flexibility index (Phi) is 7.12. The minimum atomic E-state index is 0.273. The van der Waals surface area contributed by atoms with E-state index in [1.165, 1.54) is 52.4 Å². The molecule has 3 aromatic carbocycles. The van der Waals surface area contributed by atoms with Crippen molar-refractivity contribution in [3.8, 4) is 5.75 Å². The average Bonchev–Trinajstić information content (AvgIpc) is 2.79. The van der Waals surface area contributed by atoms with E-state index in [9.17, 15) is 0 Å². The van der Waals surface area contributed by atoms with Gasteiger partial charge in [0, 0.05) is 0 Å². The molecule has 4 rings (SSSR count). The van der Waals surface area contributed by atoms with E-state index in [-0.39, 0.29) is 4.31 Å². The summed E-state index contributed by atoms with van der Waals surface area (Å²) < 4.78 is 5.83. The Morgan fingerprint density at radius 2 is 1.65 bits per heavy atom. The van der Waals surface area contributed by atoms with Crippen molar-refractivity contribution in [3.05, 3.63) is 99.6 Å². The van der Waals surface area contributed by atoms with E-state index < -0.39 is 0 Å². The predicted molar refractivity (Wildman–Crippen MR) is 133 cm³/mol. The minimum absolute atomic E-state index is 0.273. The molecule has 31 heavy (non-hydrogen) atoms. The van der Waals surface area contributed by atoms with Gasteiger partial charge in [-0.05, 0) is 0 Å². The fraction of sp³-hybridized carbons (Fsp3) is 0.357. The molecule has 3 heteroatoms. The van der Waals surface area contributed by atoms with Crippen LogP contribution in [-0.4, -0.2) is 22.1 Å². The van der Waals surface area contributed by atoms with E-state index in [0.29, 0.717) is 20.9 Å². The normalized spacial score (nSPS) is 19.7. The van der Waals surface area contributed by atoms with Gasteiger partial charge in [-0.1, -0.05) is 0 Å². The summed E-state index contributed by atoms with van der Waals surface area (Å²) in [5.41, 5.74) is 6.95. The van der Waals surface area contributed by atoms with Gasteiger partial charge in [-0.2, -0.15) is 0 Å². The molecule has 2 atom stereocenters. The number of methoxy groups -OCH3 is 1. The van der Waals surface area contributed by atoms with Crippen molar-refractivity contribution in [1.82, 2.24) is 0 Å². The summed E-state index contributed by atoms with van der Waals surface area (Å²) in [4.78, 5) is 0. The van der Waals surface area contributed by atoms with Crippen LogP contribution in [0.25, 0.3) is 0 Å². The predicted octanol–water partition coefficient (Wildman–Crippen LogP) is 7.69. The van der Waals surface area contributed by atoms with E-state index in [1.807, 2.05) is 12.1 Å². The maximum atomic E-state index is 6.27. The van der Waals surface area contributed by atoms with Crippen molar-refractivity contribution in [2.24, 2.45) is 0 Å². The second-order valence-corrected chi connectivity index (χ2v) is 12.2. The number of halogens is 1. The molecule has 0 saturated carbocycles. The van der Waals surface area contributed by atoms with E-state index in [1.54, 1.807) is 7.11 Å². The number of benzene rings is 3.